The minimum absolute atomic E-state index is 0.107. The third kappa shape index (κ3) is 5.10. The van der Waals surface area contributed by atoms with Gasteiger partial charge in [-0.15, -0.1) is 11.8 Å². The van der Waals surface area contributed by atoms with Crippen molar-refractivity contribution in [2.45, 2.75) is 24.3 Å². The van der Waals surface area contributed by atoms with Crippen LogP contribution in [0.25, 0.3) is 0 Å². The highest BCUT2D eigenvalue weighted by atomic mass is 32.2. The maximum absolute atomic E-state index is 12.3. The average Bonchev–Trinajstić information content (AvgIpc) is 2.68. The summed E-state index contributed by atoms with van der Waals surface area (Å²) in [6, 6.07) is 14.8. The first-order valence-corrected chi connectivity index (χ1v) is 9.61. The van der Waals surface area contributed by atoms with Crippen LogP contribution in [0.4, 0.5) is 5.69 Å². The van der Waals surface area contributed by atoms with Crippen LogP contribution in [-0.4, -0.2) is 36.2 Å². The molecule has 0 bridgehead atoms. The number of hydrogen-bond acceptors (Lipinski definition) is 5. The molecule has 2 amide bonds. The van der Waals surface area contributed by atoms with E-state index in [4.69, 9.17) is 4.74 Å². The molecule has 1 aliphatic heterocycles. The van der Waals surface area contributed by atoms with E-state index in [9.17, 15) is 14.4 Å². The van der Waals surface area contributed by atoms with Crippen LogP contribution in [0.15, 0.2) is 53.4 Å². The van der Waals surface area contributed by atoms with Crippen molar-refractivity contribution in [2.24, 2.45) is 0 Å². The smallest absolute Gasteiger partial charge is 0.338 e. The topological polar surface area (TPSA) is 84.5 Å². The van der Waals surface area contributed by atoms with E-state index in [0.717, 1.165) is 10.5 Å². The molecule has 0 radical (unpaired) electrons. The molecular formula is C20H20N2O4S. The van der Waals surface area contributed by atoms with Crippen LogP contribution in [0.1, 0.15) is 22.8 Å². The van der Waals surface area contributed by atoms with Crippen LogP contribution >= 0.6 is 11.8 Å². The molecular weight excluding hydrogens is 364 g/mol. The summed E-state index contributed by atoms with van der Waals surface area (Å²) in [5.74, 6) is -0.699. The molecule has 1 heterocycles. The predicted octanol–water partition coefficient (Wildman–Crippen LogP) is 2.64. The van der Waals surface area contributed by atoms with Gasteiger partial charge in [0.15, 0.2) is 6.10 Å². The fourth-order valence-electron chi connectivity index (χ4n) is 2.61. The maximum atomic E-state index is 12.3. The standard InChI is InChI=1S/C20H20N2O4S/c1-13(19(24)21-10-9-14-5-3-2-4-6-14)26-20(25)15-7-8-17-16(11-15)22-18(23)12-27-17/h2-8,11,13H,9-10,12H2,1H3,(H,21,24)(H,22,23). The SMILES string of the molecule is CC(OC(=O)c1ccc2c(c1)NC(=O)CS2)C(=O)NCCc1ccccc1. The Bertz CT molecular complexity index is 854. The van der Waals surface area contributed by atoms with Gasteiger partial charge in [-0.1, -0.05) is 30.3 Å². The van der Waals surface area contributed by atoms with Crippen molar-refractivity contribution in [1.29, 1.82) is 0 Å². The Morgan fingerprint density at radius 1 is 1.22 bits per heavy atom. The highest BCUT2D eigenvalue weighted by Gasteiger charge is 2.21. The van der Waals surface area contributed by atoms with Crippen molar-refractivity contribution in [2.75, 3.05) is 17.6 Å². The molecule has 0 fully saturated rings. The third-order valence-corrected chi connectivity index (χ3v) is 5.13. The monoisotopic (exact) mass is 384 g/mol. The second-order valence-corrected chi connectivity index (χ2v) is 7.14. The van der Waals surface area contributed by atoms with Crippen molar-refractivity contribution in [1.82, 2.24) is 5.32 Å². The number of anilines is 1. The molecule has 7 heteroatoms. The van der Waals surface area contributed by atoms with Crippen LogP contribution in [0, 0.1) is 0 Å². The highest BCUT2D eigenvalue weighted by molar-refractivity contribution is 8.00. The Hall–Kier alpha value is -2.80. The number of esters is 1. The molecule has 3 rings (SSSR count). The Morgan fingerprint density at radius 2 is 2.00 bits per heavy atom. The van der Waals surface area contributed by atoms with E-state index in [2.05, 4.69) is 10.6 Å². The fraction of sp³-hybridized carbons (Fsp3) is 0.250. The molecule has 27 heavy (non-hydrogen) atoms. The number of rotatable bonds is 6. The number of carbonyl (C=O) groups is 3. The Balaban J connectivity index is 1.51. The predicted molar refractivity (Wildman–Crippen MR) is 104 cm³/mol. The lowest BCUT2D eigenvalue weighted by Crippen LogP contribution is -2.36. The Morgan fingerprint density at radius 3 is 2.78 bits per heavy atom. The molecule has 0 aliphatic carbocycles. The second-order valence-electron chi connectivity index (χ2n) is 6.12. The summed E-state index contributed by atoms with van der Waals surface area (Å²) < 4.78 is 5.25. The molecule has 1 atom stereocenters. The molecule has 0 saturated carbocycles. The van der Waals surface area contributed by atoms with E-state index in [-0.39, 0.29) is 11.8 Å². The Kier molecular flexibility index (Phi) is 6.13. The van der Waals surface area contributed by atoms with Crippen LogP contribution < -0.4 is 10.6 Å². The van der Waals surface area contributed by atoms with Crippen molar-refractivity contribution >= 4 is 35.2 Å². The first-order chi connectivity index (χ1) is 13.0. The zero-order chi connectivity index (χ0) is 19.2. The van der Waals surface area contributed by atoms with Gasteiger partial charge < -0.3 is 15.4 Å². The minimum Gasteiger partial charge on any atom is -0.449 e. The van der Waals surface area contributed by atoms with Gasteiger partial charge in [0, 0.05) is 11.4 Å². The maximum Gasteiger partial charge on any atom is 0.338 e. The summed E-state index contributed by atoms with van der Waals surface area (Å²) in [4.78, 5) is 36.8. The number of amides is 2. The van der Waals surface area contributed by atoms with Gasteiger partial charge in [0.1, 0.15) is 0 Å². The third-order valence-electron chi connectivity index (χ3n) is 4.06. The van der Waals surface area contributed by atoms with Crippen molar-refractivity contribution in [3.05, 3.63) is 59.7 Å². The van der Waals surface area contributed by atoms with Gasteiger partial charge in [-0.3, -0.25) is 9.59 Å². The zero-order valence-electron chi connectivity index (χ0n) is 14.9. The van der Waals surface area contributed by atoms with Gasteiger partial charge in [0.25, 0.3) is 5.91 Å². The average molecular weight is 384 g/mol. The minimum atomic E-state index is -0.909. The van der Waals surface area contributed by atoms with E-state index >= 15 is 0 Å². The number of fused-ring (bicyclic) bond motifs is 1. The van der Waals surface area contributed by atoms with Crippen LogP contribution in [0.5, 0.6) is 0 Å². The molecule has 2 N–H and O–H groups in total. The molecule has 6 nitrogen and oxygen atoms in total. The van der Waals surface area contributed by atoms with Crippen molar-refractivity contribution in [3.63, 3.8) is 0 Å². The number of ether oxygens (including phenoxy) is 1. The van der Waals surface area contributed by atoms with Crippen molar-refractivity contribution < 1.29 is 19.1 Å². The number of benzene rings is 2. The molecule has 0 saturated heterocycles. The lowest BCUT2D eigenvalue weighted by molar-refractivity contribution is -0.129. The number of nitrogens with one attached hydrogen (secondary N) is 2. The molecule has 0 spiro atoms. The second kappa shape index (κ2) is 8.73. The number of thioether (sulfide) groups is 1. The molecule has 0 aromatic heterocycles. The summed E-state index contributed by atoms with van der Waals surface area (Å²) in [5, 5.41) is 5.49. The van der Waals surface area contributed by atoms with Crippen molar-refractivity contribution in [3.8, 4) is 0 Å². The molecule has 2 aromatic rings. The van der Waals surface area contributed by atoms with Crippen LogP contribution in [0.3, 0.4) is 0 Å². The van der Waals surface area contributed by atoms with E-state index in [1.807, 2.05) is 30.3 Å². The summed E-state index contributed by atoms with van der Waals surface area (Å²) in [7, 11) is 0. The van der Waals surface area contributed by atoms with Crippen LogP contribution in [0.2, 0.25) is 0 Å². The molecule has 2 aromatic carbocycles. The summed E-state index contributed by atoms with van der Waals surface area (Å²) in [6.45, 7) is 2.00. The fourth-order valence-corrected chi connectivity index (χ4v) is 3.40. The number of hydrogen-bond donors (Lipinski definition) is 2. The lowest BCUT2D eigenvalue weighted by Gasteiger charge is -2.17. The highest BCUT2D eigenvalue weighted by Crippen LogP contribution is 2.32. The van der Waals surface area contributed by atoms with Crippen LogP contribution in [-0.2, 0) is 20.7 Å². The molecule has 140 valence electrons. The van der Waals surface area contributed by atoms with E-state index in [1.54, 1.807) is 18.2 Å². The summed E-state index contributed by atoms with van der Waals surface area (Å²) in [5.41, 5.74) is 2.00. The first-order valence-electron chi connectivity index (χ1n) is 8.62. The van der Waals surface area contributed by atoms with Gasteiger partial charge in [-0.25, -0.2) is 4.79 Å². The van der Waals surface area contributed by atoms with E-state index < -0.39 is 12.1 Å². The summed E-state index contributed by atoms with van der Waals surface area (Å²) >= 11 is 1.41. The van der Waals surface area contributed by atoms with Gasteiger partial charge in [-0.2, -0.15) is 0 Å². The largest absolute Gasteiger partial charge is 0.449 e. The first kappa shape index (κ1) is 19.0. The normalized spacial score (nSPS) is 13.9. The molecule has 1 aliphatic rings. The van der Waals surface area contributed by atoms with Gasteiger partial charge in [0.2, 0.25) is 5.91 Å². The zero-order valence-corrected chi connectivity index (χ0v) is 15.7. The van der Waals surface area contributed by atoms with Gasteiger partial charge in [-0.05, 0) is 37.1 Å². The summed E-state index contributed by atoms with van der Waals surface area (Å²) in [6.07, 6.45) is -0.205. The number of carbonyl (C=O) groups excluding carboxylic acids is 3. The van der Waals surface area contributed by atoms with E-state index in [1.165, 1.54) is 18.7 Å². The Labute approximate surface area is 161 Å². The van der Waals surface area contributed by atoms with Gasteiger partial charge in [0.05, 0.1) is 17.0 Å². The quantitative estimate of drug-likeness (QED) is 0.748. The van der Waals surface area contributed by atoms with Gasteiger partial charge >= 0.3 is 5.97 Å². The molecule has 1 unspecified atom stereocenters. The lowest BCUT2D eigenvalue weighted by atomic mass is 10.1. The van der Waals surface area contributed by atoms with E-state index in [0.29, 0.717) is 30.0 Å².